The Morgan fingerprint density at radius 1 is 0.457 bits per heavy atom. The summed E-state index contributed by atoms with van der Waals surface area (Å²) in [5.74, 6) is 1.45. The highest BCUT2D eigenvalue weighted by Gasteiger charge is 2.20. The number of rotatable bonds is 5. The van der Waals surface area contributed by atoms with E-state index in [1.54, 1.807) is 6.07 Å². The zero-order valence-corrected chi connectivity index (χ0v) is 25.4. The van der Waals surface area contributed by atoms with Crippen LogP contribution in [0, 0.1) is 19.7 Å². The summed E-state index contributed by atoms with van der Waals surface area (Å²) in [6.07, 6.45) is 0. The molecule has 0 fully saturated rings. The second kappa shape index (κ2) is 11.2. The Hall–Kier alpha value is -5.94. The molecule has 0 N–H and O–H groups in total. The highest BCUT2D eigenvalue weighted by atomic mass is 19.1. The van der Waals surface area contributed by atoms with Crippen LogP contribution in [0.5, 0.6) is 0 Å². The molecule has 46 heavy (non-hydrogen) atoms. The van der Waals surface area contributed by atoms with E-state index in [1.807, 2.05) is 84.9 Å². The fourth-order valence-corrected chi connectivity index (χ4v) is 6.20. The van der Waals surface area contributed by atoms with Crippen LogP contribution in [0.15, 0.2) is 140 Å². The van der Waals surface area contributed by atoms with Gasteiger partial charge in [0.1, 0.15) is 5.82 Å². The Balaban J connectivity index is 1.44. The van der Waals surface area contributed by atoms with Crippen LogP contribution in [-0.2, 0) is 0 Å². The summed E-state index contributed by atoms with van der Waals surface area (Å²) in [6, 6.07) is 45.9. The first-order chi connectivity index (χ1) is 22.5. The van der Waals surface area contributed by atoms with Crippen molar-refractivity contribution in [2.75, 3.05) is 0 Å². The molecule has 8 aromatic rings. The predicted molar refractivity (Wildman–Crippen MR) is 185 cm³/mol. The maximum atomic E-state index is 15.5. The lowest BCUT2D eigenvalue weighted by atomic mass is 10.00. The van der Waals surface area contributed by atoms with Gasteiger partial charge in [0.15, 0.2) is 17.5 Å². The minimum absolute atomic E-state index is 0.275. The molecule has 0 aliphatic heterocycles. The van der Waals surface area contributed by atoms with Gasteiger partial charge < -0.3 is 4.57 Å². The molecule has 0 aliphatic carbocycles. The molecule has 0 radical (unpaired) electrons. The van der Waals surface area contributed by atoms with Gasteiger partial charge in [-0.05, 0) is 49.2 Å². The van der Waals surface area contributed by atoms with Crippen LogP contribution in [0.2, 0.25) is 0 Å². The average molecular weight is 597 g/mol. The molecule has 0 amide bonds. The maximum absolute atomic E-state index is 15.5. The smallest absolute Gasteiger partial charge is 0.164 e. The number of nitrogens with zero attached hydrogens (tertiary/aromatic N) is 4. The number of hydrogen-bond acceptors (Lipinski definition) is 3. The monoisotopic (exact) mass is 596 g/mol. The van der Waals surface area contributed by atoms with Crippen LogP contribution in [0.3, 0.4) is 0 Å². The third kappa shape index (κ3) is 4.83. The molecule has 2 aromatic heterocycles. The standard InChI is InChI=1S/C41H29FN4/c1-26-17-20-33-34-21-18-27(2)24-37(34)46(36(33)23-26)38-25-30(19-22-32(38)31-15-9-10-16-35(31)42)41-44-39(28-11-5-3-6-12-28)43-40(45-41)29-13-7-4-8-14-29/h3-25H,1-2H3. The van der Waals surface area contributed by atoms with Crippen LogP contribution < -0.4 is 0 Å². The molecule has 6 aromatic carbocycles. The summed E-state index contributed by atoms with van der Waals surface area (Å²) in [7, 11) is 0. The van der Waals surface area contributed by atoms with Gasteiger partial charge in [0, 0.05) is 38.6 Å². The molecule has 2 heterocycles. The van der Waals surface area contributed by atoms with E-state index in [0.717, 1.165) is 60.9 Å². The number of benzene rings is 6. The fraction of sp³-hybridized carbons (Fsp3) is 0.0488. The number of hydrogen-bond donors (Lipinski definition) is 0. The lowest BCUT2D eigenvalue weighted by Crippen LogP contribution is -2.03. The van der Waals surface area contributed by atoms with E-state index in [9.17, 15) is 0 Å². The van der Waals surface area contributed by atoms with Crippen molar-refractivity contribution in [2.45, 2.75) is 13.8 Å². The Bertz CT molecular complexity index is 2280. The number of aryl methyl sites for hydroxylation is 2. The van der Waals surface area contributed by atoms with Crippen LogP contribution in [0.4, 0.5) is 4.39 Å². The SMILES string of the molecule is Cc1ccc2c3ccc(C)cc3n(-c3cc(-c4nc(-c5ccccc5)nc(-c5ccccc5)n4)ccc3-c3ccccc3F)c2c1. The first-order valence-corrected chi connectivity index (χ1v) is 15.3. The predicted octanol–water partition coefficient (Wildman–Crippen LogP) is 10.4. The van der Waals surface area contributed by atoms with E-state index in [0.29, 0.717) is 23.0 Å². The largest absolute Gasteiger partial charge is 0.309 e. The molecule has 220 valence electrons. The second-order valence-corrected chi connectivity index (χ2v) is 11.6. The van der Waals surface area contributed by atoms with Crippen molar-refractivity contribution in [3.05, 3.63) is 156 Å². The summed E-state index contributed by atoms with van der Waals surface area (Å²) >= 11 is 0. The van der Waals surface area contributed by atoms with E-state index in [2.05, 4.69) is 60.9 Å². The van der Waals surface area contributed by atoms with Crippen molar-refractivity contribution in [3.8, 4) is 51.0 Å². The number of aromatic nitrogens is 4. The van der Waals surface area contributed by atoms with E-state index in [4.69, 9.17) is 15.0 Å². The zero-order chi connectivity index (χ0) is 31.2. The van der Waals surface area contributed by atoms with Gasteiger partial charge in [0.05, 0.1) is 16.7 Å². The van der Waals surface area contributed by atoms with Gasteiger partial charge in [-0.1, -0.05) is 115 Å². The quantitative estimate of drug-likeness (QED) is 0.199. The average Bonchev–Trinajstić information content (AvgIpc) is 3.41. The summed E-state index contributed by atoms with van der Waals surface area (Å²) in [5, 5.41) is 2.28. The normalized spacial score (nSPS) is 11.4. The first-order valence-electron chi connectivity index (χ1n) is 15.3. The maximum Gasteiger partial charge on any atom is 0.164 e. The molecule has 0 spiro atoms. The van der Waals surface area contributed by atoms with Gasteiger partial charge in [-0.25, -0.2) is 19.3 Å². The van der Waals surface area contributed by atoms with E-state index in [1.165, 1.54) is 6.07 Å². The van der Waals surface area contributed by atoms with E-state index < -0.39 is 0 Å². The van der Waals surface area contributed by atoms with Crippen molar-refractivity contribution in [1.29, 1.82) is 0 Å². The Labute approximate surface area is 266 Å². The molecule has 0 bridgehead atoms. The molecule has 0 saturated heterocycles. The number of fused-ring (bicyclic) bond motifs is 3. The van der Waals surface area contributed by atoms with Gasteiger partial charge in [-0.2, -0.15) is 0 Å². The van der Waals surface area contributed by atoms with Gasteiger partial charge in [-0.3, -0.25) is 0 Å². The van der Waals surface area contributed by atoms with Crippen molar-refractivity contribution >= 4 is 21.8 Å². The molecule has 0 aliphatic rings. The molecular weight excluding hydrogens is 567 g/mol. The summed E-state index contributed by atoms with van der Waals surface area (Å²) < 4.78 is 17.8. The van der Waals surface area contributed by atoms with Crippen molar-refractivity contribution in [3.63, 3.8) is 0 Å². The van der Waals surface area contributed by atoms with Gasteiger partial charge in [0.25, 0.3) is 0 Å². The van der Waals surface area contributed by atoms with Gasteiger partial charge in [0.2, 0.25) is 0 Å². The van der Waals surface area contributed by atoms with Crippen molar-refractivity contribution in [2.24, 2.45) is 0 Å². The van der Waals surface area contributed by atoms with Crippen LogP contribution in [-0.4, -0.2) is 19.5 Å². The van der Waals surface area contributed by atoms with Crippen molar-refractivity contribution < 1.29 is 4.39 Å². The van der Waals surface area contributed by atoms with Gasteiger partial charge >= 0.3 is 0 Å². The summed E-state index contributed by atoms with van der Waals surface area (Å²) in [6.45, 7) is 4.20. The lowest BCUT2D eigenvalue weighted by molar-refractivity contribution is 0.631. The molecule has 8 rings (SSSR count). The van der Waals surface area contributed by atoms with E-state index >= 15 is 4.39 Å². The molecule has 0 saturated carbocycles. The highest BCUT2D eigenvalue weighted by Crippen LogP contribution is 2.39. The summed E-state index contributed by atoms with van der Waals surface area (Å²) in [5.41, 5.74) is 9.18. The van der Waals surface area contributed by atoms with Crippen LogP contribution >= 0.6 is 0 Å². The third-order valence-electron chi connectivity index (χ3n) is 8.44. The van der Waals surface area contributed by atoms with Crippen LogP contribution in [0.25, 0.3) is 72.8 Å². The van der Waals surface area contributed by atoms with E-state index in [-0.39, 0.29) is 5.82 Å². The lowest BCUT2D eigenvalue weighted by Gasteiger charge is -2.17. The first kappa shape index (κ1) is 27.6. The Morgan fingerprint density at radius 3 is 1.50 bits per heavy atom. The minimum Gasteiger partial charge on any atom is -0.309 e. The molecule has 5 heteroatoms. The highest BCUT2D eigenvalue weighted by molar-refractivity contribution is 6.10. The van der Waals surface area contributed by atoms with Gasteiger partial charge in [-0.15, -0.1) is 0 Å². The zero-order valence-electron chi connectivity index (χ0n) is 25.4. The van der Waals surface area contributed by atoms with Crippen LogP contribution in [0.1, 0.15) is 11.1 Å². The minimum atomic E-state index is -0.275. The third-order valence-corrected chi connectivity index (χ3v) is 8.44. The molecular formula is C41H29FN4. The topological polar surface area (TPSA) is 43.6 Å². The Kier molecular flexibility index (Phi) is 6.72. The number of halogens is 1. The second-order valence-electron chi connectivity index (χ2n) is 11.6. The Morgan fingerprint density at radius 2 is 0.957 bits per heavy atom. The molecule has 0 unspecified atom stereocenters. The molecule has 0 atom stereocenters. The molecule has 4 nitrogen and oxygen atoms in total. The fourth-order valence-electron chi connectivity index (χ4n) is 6.20. The van der Waals surface area contributed by atoms with Crippen molar-refractivity contribution in [1.82, 2.24) is 19.5 Å². The summed E-state index contributed by atoms with van der Waals surface area (Å²) in [4.78, 5) is 14.9.